The van der Waals surface area contributed by atoms with Crippen molar-refractivity contribution in [1.82, 2.24) is 10.3 Å². The van der Waals surface area contributed by atoms with Gasteiger partial charge < -0.3 is 10.4 Å². The molecule has 2 atom stereocenters. The third-order valence-corrected chi connectivity index (χ3v) is 6.60. The minimum Gasteiger partial charge on any atom is -0.390 e. The molecule has 2 aliphatic carbocycles. The van der Waals surface area contributed by atoms with E-state index < -0.39 is 5.60 Å². The predicted octanol–water partition coefficient (Wildman–Crippen LogP) is 5.00. The van der Waals surface area contributed by atoms with Gasteiger partial charge in [-0.15, -0.1) is 0 Å². The van der Waals surface area contributed by atoms with E-state index in [4.69, 9.17) is 4.98 Å². The molecule has 0 spiro atoms. The molecule has 2 aromatic rings. The number of aryl methyl sites for hydroxylation is 1. The Hall–Kier alpha value is -1.94. The number of hydrogen-bond acceptors (Lipinski definition) is 3. The highest BCUT2D eigenvalue weighted by Crippen LogP contribution is 2.43. The number of carbonyl (C=O) groups excluding carboxylic acids is 1. The van der Waals surface area contributed by atoms with Gasteiger partial charge in [0.25, 0.3) is 5.91 Å². The number of hydrogen-bond donors (Lipinski definition) is 2. The van der Waals surface area contributed by atoms with Gasteiger partial charge in [0, 0.05) is 11.9 Å². The van der Waals surface area contributed by atoms with Crippen molar-refractivity contribution in [3.05, 3.63) is 40.6 Å². The van der Waals surface area contributed by atoms with Crippen LogP contribution in [0.3, 0.4) is 0 Å². The Bertz CT molecular complexity index is 951. The number of nitrogens with one attached hydrogen (secondary N) is 1. The number of aromatic nitrogens is 1. The average Bonchev–Trinajstić information content (AvgIpc) is 3.42. The quantitative estimate of drug-likeness (QED) is 0.767. The van der Waals surface area contributed by atoms with Crippen LogP contribution < -0.4 is 5.32 Å². The van der Waals surface area contributed by atoms with E-state index in [-0.39, 0.29) is 11.3 Å². The maximum Gasteiger partial charge on any atom is 0.269 e. The molecule has 4 heteroatoms. The minimum absolute atomic E-state index is 0.0346. The molecule has 2 saturated carbocycles. The predicted molar refractivity (Wildman–Crippen MR) is 117 cm³/mol. The molecule has 0 saturated heterocycles. The van der Waals surface area contributed by atoms with Crippen molar-refractivity contribution >= 4 is 16.8 Å². The number of amides is 1. The molecule has 0 radical (unpaired) electrons. The first-order valence-electron chi connectivity index (χ1n) is 11.0. The van der Waals surface area contributed by atoms with Crippen LogP contribution in [0.15, 0.2) is 18.2 Å². The lowest BCUT2D eigenvalue weighted by atomic mass is 9.83. The van der Waals surface area contributed by atoms with Crippen LogP contribution in [0.4, 0.5) is 0 Å². The van der Waals surface area contributed by atoms with Gasteiger partial charge in [-0.05, 0) is 92.0 Å². The van der Waals surface area contributed by atoms with Gasteiger partial charge in [-0.2, -0.15) is 0 Å². The van der Waals surface area contributed by atoms with Crippen molar-refractivity contribution in [3.8, 4) is 0 Å². The summed E-state index contributed by atoms with van der Waals surface area (Å²) in [5, 5.41) is 14.4. The summed E-state index contributed by atoms with van der Waals surface area (Å²) >= 11 is 0. The van der Waals surface area contributed by atoms with Crippen molar-refractivity contribution in [3.63, 3.8) is 0 Å². The third kappa shape index (κ3) is 4.32. The van der Waals surface area contributed by atoms with Gasteiger partial charge in [-0.1, -0.05) is 26.8 Å². The van der Waals surface area contributed by atoms with Crippen LogP contribution >= 0.6 is 0 Å². The van der Waals surface area contributed by atoms with E-state index in [9.17, 15) is 9.90 Å². The Morgan fingerprint density at radius 3 is 2.55 bits per heavy atom. The molecule has 1 aromatic heterocycles. The Morgan fingerprint density at radius 2 is 1.97 bits per heavy atom. The molecule has 156 valence electrons. The summed E-state index contributed by atoms with van der Waals surface area (Å²) in [4.78, 5) is 17.7. The fourth-order valence-corrected chi connectivity index (χ4v) is 4.70. The SMILES string of the molecule is Cc1cc(C(=O)NC[C@H]2CC[C@@](C)(O)C2)nc2c(C(C)(C)C)cc(C3CC3)cc12. The number of pyridine rings is 1. The molecule has 2 fully saturated rings. The summed E-state index contributed by atoms with van der Waals surface area (Å²) in [5.41, 5.74) is 4.57. The molecular formula is C25H34N2O2. The smallest absolute Gasteiger partial charge is 0.269 e. The first-order chi connectivity index (χ1) is 13.5. The monoisotopic (exact) mass is 394 g/mol. The third-order valence-electron chi connectivity index (χ3n) is 6.60. The Morgan fingerprint density at radius 1 is 1.24 bits per heavy atom. The number of nitrogens with zero attached hydrogens (tertiary/aromatic N) is 1. The van der Waals surface area contributed by atoms with Crippen LogP contribution in [0.2, 0.25) is 0 Å². The lowest BCUT2D eigenvalue weighted by Gasteiger charge is -2.23. The Kier molecular flexibility index (Phi) is 4.97. The highest BCUT2D eigenvalue weighted by molar-refractivity contribution is 5.97. The zero-order chi connectivity index (χ0) is 21.0. The molecule has 4 rings (SSSR count). The molecular weight excluding hydrogens is 360 g/mol. The van der Waals surface area contributed by atoms with Crippen LogP contribution in [0.1, 0.15) is 92.9 Å². The minimum atomic E-state index is -0.589. The maximum absolute atomic E-state index is 12.9. The van der Waals surface area contributed by atoms with E-state index in [1.165, 1.54) is 29.4 Å². The van der Waals surface area contributed by atoms with Gasteiger partial charge in [0.15, 0.2) is 0 Å². The molecule has 0 unspecified atom stereocenters. The second-order valence-electron chi connectivity index (χ2n) is 10.6. The molecule has 2 N–H and O–H groups in total. The molecule has 2 aliphatic rings. The summed E-state index contributed by atoms with van der Waals surface area (Å²) in [6.07, 6.45) is 5.05. The lowest BCUT2D eigenvalue weighted by Crippen LogP contribution is -2.30. The maximum atomic E-state index is 12.9. The highest BCUT2D eigenvalue weighted by atomic mass is 16.3. The lowest BCUT2D eigenvalue weighted by molar-refractivity contribution is 0.0630. The number of carbonyl (C=O) groups is 1. The van der Waals surface area contributed by atoms with Crippen molar-refractivity contribution in [2.45, 2.75) is 83.7 Å². The van der Waals surface area contributed by atoms with Crippen LogP contribution in [0, 0.1) is 12.8 Å². The fraction of sp³-hybridized carbons (Fsp3) is 0.600. The highest BCUT2D eigenvalue weighted by Gasteiger charge is 2.33. The van der Waals surface area contributed by atoms with Crippen molar-refractivity contribution < 1.29 is 9.90 Å². The molecule has 1 amide bonds. The summed E-state index contributed by atoms with van der Waals surface area (Å²) in [5.74, 6) is 0.904. The van der Waals surface area contributed by atoms with Gasteiger partial charge in [-0.25, -0.2) is 4.98 Å². The first kappa shape index (κ1) is 20.3. The zero-order valence-corrected chi connectivity index (χ0v) is 18.4. The molecule has 1 aromatic carbocycles. The van der Waals surface area contributed by atoms with Crippen molar-refractivity contribution in [1.29, 1.82) is 0 Å². The number of aliphatic hydroxyl groups is 1. The van der Waals surface area contributed by atoms with E-state index in [2.05, 4.69) is 45.1 Å². The van der Waals surface area contributed by atoms with Crippen molar-refractivity contribution in [2.75, 3.05) is 6.54 Å². The van der Waals surface area contributed by atoms with Gasteiger partial charge >= 0.3 is 0 Å². The summed E-state index contributed by atoms with van der Waals surface area (Å²) in [6.45, 7) is 11.2. The number of rotatable bonds is 4. The van der Waals surface area contributed by atoms with E-state index in [1.54, 1.807) is 0 Å². The first-order valence-corrected chi connectivity index (χ1v) is 11.0. The molecule has 0 aliphatic heterocycles. The standard InChI is InChI=1S/C25H34N2O2/c1-15-10-21(23(28)26-14-16-8-9-25(5,29)13-16)27-22-19(15)11-18(17-6-7-17)12-20(22)24(2,3)4/h10-12,16-17,29H,6-9,13-14H2,1-5H3,(H,26,28)/t16-,25+/m0/s1. The molecule has 0 bridgehead atoms. The fourth-order valence-electron chi connectivity index (χ4n) is 4.70. The van der Waals surface area contributed by atoms with E-state index in [0.717, 1.165) is 30.3 Å². The normalized spacial score (nSPS) is 24.8. The topological polar surface area (TPSA) is 62.2 Å². The zero-order valence-electron chi connectivity index (χ0n) is 18.4. The molecule has 4 nitrogen and oxygen atoms in total. The van der Waals surface area contributed by atoms with Gasteiger partial charge in [0.2, 0.25) is 0 Å². The van der Waals surface area contributed by atoms with E-state index >= 15 is 0 Å². The Balaban J connectivity index is 1.63. The van der Waals surface area contributed by atoms with Crippen LogP contribution in [0.25, 0.3) is 10.9 Å². The van der Waals surface area contributed by atoms with Crippen molar-refractivity contribution in [2.24, 2.45) is 5.92 Å². The summed E-state index contributed by atoms with van der Waals surface area (Å²) in [6, 6.07) is 6.52. The average molecular weight is 395 g/mol. The van der Waals surface area contributed by atoms with Gasteiger partial charge in [0.05, 0.1) is 11.1 Å². The van der Waals surface area contributed by atoms with Gasteiger partial charge in [0.1, 0.15) is 5.69 Å². The van der Waals surface area contributed by atoms with Crippen LogP contribution in [-0.4, -0.2) is 28.1 Å². The largest absolute Gasteiger partial charge is 0.390 e. The van der Waals surface area contributed by atoms with Gasteiger partial charge in [-0.3, -0.25) is 4.79 Å². The summed E-state index contributed by atoms with van der Waals surface area (Å²) < 4.78 is 0. The number of benzene rings is 1. The molecule has 29 heavy (non-hydrogen) atoms. The number of fused-ring (bicyclic) bond motifs is 1. The van der Waals surface area contributed by atoms with E-state index in [0.29, 0.717) is 24.1 Å². The summed E-state index contributed by atoms with van der Waals surface area (Å²) in [7, 11) is 0. The van der Waals surface area contributed by atoms with Crippen LogP contribution in [0.5, 0.6) is 0 Å². The molecule has 1 heterocycles. The van der Waals surface area contributed by atoms with E-state index in [1.807, 2.05) is 13.0 Å². The second kappa shape index (κ2) is 7.09. The Labute approximate surface area is 174 Å². The second-order valence-corrected chi connectivity index (χ2v) is 10.6. The van der Waals surface area contributed by atoms with Crippen LogP contribution in [-0.2, 0) is 5.41 Å².